The zero-order valence-corrected chi connectivity index (χ0v) is 15.1. The number of rotatable bonds is 7. The van der Waals surface area contributed by atoms with Crippen LogP contribution in [-0.4, -0.2) is 28.7 Å². The first-order valence-corrected chi connectivity index (χ1v) is 8.38. The van der Waals surface area contributed by atoms with Crippen LogP contribution in [-0.2, 0) is 6.61 Å². The Bertz CT molecular complexity index is 866. The van der Waals surface area contributed by atoms with E-state index in [9.17, 15) is 0 Å². The van der Waals surface area contributed by atoms with Crippen LogP contribution in [0.3, 0.4) is 0 Å². The minimum Gasteiger partial charge on any atom is -0.497 e. The molecule has 0 aliphatic rings. The fourth-order valence-electron chi connectivity index (χ4n) is 2.40. The summed E-state index contributed by atoms with van der Waals surface area (Å²) in [5.74, 6) is 2.54. The average Bonchev–Trinajstić information content (AvgIpc) is 2.67. The van der Waals surface area contributed by atoms with E-state index in [4.69, 9.17) is 14.2 Å². The lowest BCUT2D eigenvalue weighted by Crippen LogP contribution is -2.01. The Morgan fingerprint density at radius 1 is 1.00 bits per heavy atom. The summed E-state index contributed by atoms with van der Waals surface area (Å²) < 4.78 is 16.7. The van der Waals surface area contributed by atoms with Crippen molar-refractivity contribution in [1.82, 2.24) is 15.0 Å². The van der Waals surface area contributed by atoms with Crippen molar-refractivity contribution in [2.24, 2.45) is 0 Å². The first-order chi connectivity index (χ1) is 12.7. The molecule has 134 valence electrons. The molecule has 0 spiro atoms. The second-order valence-corrected chi connectivity index (χ2v) is 5.61. The predicted octanol–water partition coefficient (Wildman–Crippen LogP) is 3.83. The molecule has 3 aromatic rings. The maximum absolute atomic E-state index is 5.79. The molecule has 0 aliphatic carbocycles. The van der Waals surface area contributed by atoms with E-state index in [-0.39, 0.29) is 0 Å². The van der Waals surface area contributed by atoms with Crippen LogP contribution < -0.4 is 14.2 Å². The Morgan fingerprint density at radius 3 is 2.50 bits per heavy atom. The van der Waals surface area contributed by atoms with Gasteiger partial charge in [0, 0.05) is 24.2 Å². The lowest BCUT2D eigenvalue weighted by molar-refractivity contribution is 0.288. The highest BCUT2D eigenvalue weighted by molar-refractivity contribution is 5.63. The van der Waals surface area contributed by atoms with Gasteiger partial charge in [-0.1, -0.05) is 12.1 Å². The summed E-state index contributed by atoms with van der Waals surface area (Å²) in [6.07, 6.45) is 3.41. The van der Waals surface area contributed by atoms with Crippen molar-refractivity contribution in [3.8, 4) is 28.8 Å². The van der Waals surface area contributed by atoms with E-state index in [0.717, 1.165) is 22.6 Å². The molecular weight excluding hydrogens is 330 g/mol. The SMILES string of the molecule is CCOc1cc(OCc2ccc(OC)cc2)ncc1-c1nccc(C)n1. The molecule has 0 saturated carbocycles. The van der Waals surface area contributed by atoms with Crippen molar-refractivity contribution in [2.75, 3.05) is 13.7 Å². The molecule has 0 fully saturated rings. The van der Waals surface area contributed by atoms with Crippen molar-refractivity contribution < 1.29 is 14.2 Å². The number of nitrogens with zero attached hydrogens (tertiary/aromatic N) is 3. The zero-order valence-electron chi connectivity index (χ0n) is 15.1. The summed E-state index contributed by atoms with van der Waals surface area (Å²) in [5.41, 5.74) is 2.65. The number of ether oxygens (including phenoxy) is 3. The van der Waals surface area contributed by atoms with Crippen LogP contribution >= 0.6 is 0 Å². The summed E-state index contributed by atoms with van der Waals surface area (Å²) in [6, 6.07) is 11.3. The molecule has 1 aromatic carbocycles. The van der Waals surface area contributed by atoms with Gasteiger partial charge in [-0.2, -0.15) is 0 Å². The third-order valence-electron chi connectivity index (χ3n) is 3.72. The second-order valence-electron chi connectivity index (χ2n) is 5.61. The van der Waals surface area contributed by atoms with Gasteiger partial charge in [0.15, 0.2) is 5.82 Å². The van der Waals surface area contributed by atoms with Crippen molar-refractivity contribution in [1.29, 1.82) is 0 Å². The van der Waals surface area contributed by atoms with Gasteiger partial charge in [-0.05, 0) is 37.6 Å². The molecule has 0 aliphatic heterocycles. The third kappa shape index (κ3) is 4.27. The van der Waals surface area contributed by atoms with Gasteiger partial charge in [0.05, 0.1) is 19.3 Å². The monoisotopic (exact) mass is 351 g/mol. The lowest BCUT2D eigenvalue weighted by Gasteiger charge is -2.12. The number of aromatic nitrogens is 3. The van der Waals surface area contributed by atoms with Crippen LogP contribution in [0.25, 0.3) is 11.4 Å². The van der Waals surface area contributed by atoms with Crippen LogP contribution in [0.4, 0.5) is 0 Å². The maximum Gasteiger partial charge on any atom is 0.217 e. The van der Waals surface area contributed by atoms with E-state index in [1.54, 1.807) is 25.6 Å². The number of aryl methyl sites for hydroxylation is 1. The summed E-state index contributed by atoms with van der Waals surface area (Å²) in [6.45, 7) is 4.79. The van der Waals surface area contributed by atoms with E-state index in [0.29, 0.717) is 30.7 Å². The number of hydrogen-bond donors (Lipinski definition) is 0. The predicted molar refractivity (Wildman–Crippen MR) is 98.5 cm³/mol. The van der Waals surface area contributed by atoms with Gasteiger partial charge in [0.1, 0.15) is 18.1 Å². The fourth-order valence-corrected chi connectivity index (χ4v) is 2.40. The van der Waals surface area contributed by atoms with Gasteiger partial charge in [-0.3, -0.25) is 0 Å². The molecule has 6 nitrogen and oxygen atoms in total. The smallest absolute Gasteiger partial charge is 0.217 e. The first-order valence-electron chi connectivity index (χ1n) is 8.38. The van der Waals surface area contributed by atoms with E-state index < -0.39 is 0 Å². The minimum absolute atomic E-state index is 0.406. The fraction of sp³-hybridized carbons (Fsp3) is 0.250. The van der Waals surface area contributed by atoms with Crippen LogP contribution in [0.15, 0.2) is 48.8 Å². The lowest BCUT2D eigenvalue weighted by atomic mass is 10.2. The van der Waals surface area contributed by atoms with E-state index in [2.05, 4.69) is 15.0 Å². The molecule has 0 N–H and O–H groups in total. The topological polar surface area (TPSA) is 66.4 Å². The van der Waals surface area contributed by atoms with Crippen molar-refractivity contribution >= 4 is 0 Å². The van der Waals surface area contributed by atoms with Crippen LogP contribution in [0.5, 0.6) is 17.4 Å². The van der Waals surface area contributed by atoms with Gasteiger partial charge in [-0.15, -0.1) is 0 Å². The standard InChI is InChI=1S/C20H21N3O3/c1-4-25-18-11-19(26-13-15-5-7-16(24-3)8-6-15)22-12-17(18)20-21-10-9-14(2)23-20/h5-12H,4,13H2,1-3H3. The molecule has 0 bridgehead atoms. The molecule has 0 atom stereocenters. The van der Waals surface area contributed by atoms with Gasteiger partial charge < -0.3 is 14.2 Å². The molecule has 3 rings (SSSR count). The number of hydrogen-bond acceptors (Lipinski definition) is 6. The first kappa shape index (κ1) is 17.7. The molecular formula is C20H21N3O3. The van der Waals surface area contributed by atoms with Crippen LogP contribution in [0, 0.1) is 6.92 Å². The van der Waals surface area contributed by atoms with Crippen LogP contribution in [0.1, 0.15) is 18.2 Å². The Kier molecular flexibility index (Phi) is 5.63. The normalized spacial score (nSPS) is 10.4. The Morgan fingerprint density at radius 2 is 1.81 bits per heavy atom. The van der Waals surface area contributed by atoms with Crippen molar-refractivity contribution in [2.45, 2.75) is 20.5 Å². The molecule has 26 heavy (non-hydrogen) atoms. The zero-order chi connectivity index (χ0) is 18.4. The molecule has 6 heteroatoms. The van der Waals surface area contributed by atoms with E-state index >= 15 is 0 Å². The van der Waals surface area contributed by atoms with Gasteiger partial charge in [0.25, 0.3) is 0 Å². The highest BCUT2D eigenvalue weighted by atomic mass is 16.5. The average molecular weight is 351 g/mol. The minimum atomic E-state index is 0.406. The Hall–Kier alpha value is -3.15. The quantitative estimate of drug-likeness (QED) is 0.644. The molecule has 0 saturated heterocycles. The third-order valence-corrected chi connectivity index (χ3v) is 3.72. The highest BCUT2D eigenvalue weighted by Crippen LogP contribution is 2.30. The summed E-state index contributed by atoms with van der Waals surface area (Å²) in [5, 5.41) is 0. The molecule has 0 unspecified atom stereocenters. The highest BCUT2D eigenvalue weighted by Gasteiger charge is 2.12. The second kappa shape index (κ2) is 8.29. The van der Waals surface area contributed by atoms with Crippen molar-refractivity contribution in [3.63, 3.8) is 0 Å². The maximum atomic E-state index is 5.79. The number of pyridine rings is 1. The largest absolute Gasteiger partial charge is 0.497 e. The molecule has 2 aromatic heterocycles. The van der Waals surface area contributed by atoms with Crippen LogP contribution in [0.2, 0.25) is 0 Å². The van der Waals surface area contributed by atoms with E-state index in [1.165, 1.54) is 0 Å². The van der Waals surface area contributed by atoms with Gasteiger partial charge in [-0.25, -0.2) is 15.0 Å². The summed E-state index contributed by atoms with van der Waals surface area (Å²) in [4.78, 5) is 13.1. The van der Waals surface area contributed by atoms with E-state index in [1.807, 2.05) is 44.2 Å². The Labute approximate surface area is 152 Å². The Balaban J connectivity index is 1.79. The van der Waals surface area contributed by atoms with Gasteiger partial charge >= 0.3 is 0 Å². The molecule has 0 amide bonds. The number of methoxy groups -OCH3 is 1. The van der Waals surface area contributed by atoms with Gasteiger partial charge in [0.2, 0.25) is 5.88 Å². The number of benzene rings is 1. The summed E-state index contributed by atoms with van der Waals surface area (Å²) >= 11 is 0. The van der Waals surface area contributed by atoms with Crippen molar-refractivity contribution in [3.05, 3.63) is 60.0 Å². The summed E-state index contributed by atoms with van der Waals surface area (Å²) in [7, 11) is 1.64. The molecule has 2 heterocycles. The molecule has 0 radical (unpaired) electrons.